The number of hydrogen-bond donors (Lipinski definition) is 1. The molecule has 0 aromatic heterocycles. The molecule has 164 valence electrons. The summed E-state index contributed by atoms with van der Waals surface area (Å²) in [4.78, 5) is 29.1. The van der Waals surface area contributed by atoms with Gasteiger partial charge in [0.25, 0.3) is 0 Å². The topological polar surface area (TPSA) is 61.9 Å². The van der Waals surface area contributed by atoms with Crippen molar-refractivity contribution in [2.45, 2.75) is 13.0 Å². The molecule has 1 fully saturated rings. The number of carbonyl (C=O) groups is 2. The number of carbonyl (C=O) groups excluding carboxylic acids is 2. The van der Waals surface area contributed by atoms with Crippen molar-refractivity contribution in [1.82, 2.24) is 10.2 Å². The van der Waals surface area contributed by atoms with Gasteiger partial charge in [-0.05, 0) is 42.3 Å². The summed E-state index contributed by atoms with van der Waals surface area (Å²) in [5.74, 6) is 0.580. The molecule has 1 heterocycles. The van der Waals surface area contributed by atoms with E-state index in [1.807, 2.05) is 91.9 Å². The Morgan fingerprint density at radius 1 is 0.906 bits per heavy atom. The standard InChI is InChI=1S/C26H27N3O3/c1-2-32-23-15-13-22(14-16-23)29-18-17-28(26(29)31)19-24(30)27-25(20-9-5-3-6-10-20)21-11-7-4-8-12-21/h3-16,25H,2,17-19H2,1H3,(H,27,30). The Labute approximate surface area is 188 Å². The lowest BCUT2D eigenvalue weighted by atomic mass is 9.99. The lowest BCUT2D eigenvalue weighted by Crippen LogP contribution is -2.41. The number of anilines is 1. The Hall–Kier alpha value is -3.80. The fraction of sp³-hybridized carbons (Fsp3) is 0.231. The summed E-state index contributed by atoms with van der Waals surface area (Å²) >= 11 is 0. The van der Waals surface area contributed by atoms with E-state index in [4.69, 9.17) is 4.74 Å². The van der Waals surface area contributed by atoms with Crippen molar-refractivity contribution in [1.29, 1.82) is 0 Å². The number of benzene rings is 3. The number of urea groups is 1. The number of amides is 3. The summed E-state index contributed by atoms with van der Waals surface area (Å²) in [7, 11) is 0. The van der Waals surface area contributed by atoms with Crippen LogP contribution in [0, 0.1) is 0 Å². The zero-order valence-electron chi connectivity index (χ0n) is 18.1. The molecule has 3 amide bonds. The van der Waals surface area contributed by atoms with Crippen molar-refractivity contribution < 1.29 is 14.3 Å². The molecule has 0 atom stereocenters. The van der Waals surface area contributed by atoms with Crippen LogP contribution in [0.25, 0.3) is 0 Å². The van der Waals surface area contributed by atoms with Crippen molar-refractivity contribution in [3.63, 3.8) is 0 Å². The summed E-state index contributed by atoms with van der Waals surface area (Å²) in [5, 5.41) is 3.11. The minimum absolute atomic E-state index is 0.0164. The maximum absolute atomic E-state index is 12.9. The van der Waals surface area contributed by atoms with Gasteiger partial charge in [-0.3, -0.25) is 9.69 Å². The van der Waals surface area contributed by atoms with Gasteiger partial charge >= 0.3 is 6.03 Å². The van der Waals surface area contributed by atoms with E-state index in [9.17, 15) is 9.59 Å². The average molecular weight is 430 g/mol. The molecule has 0 aliphatic carbocycles. The van der Waals surface area contributed by atoms with Gasteiger partial charge in [0.15, 0.2) is 0 Å². The van der Waals surface area contributed by atoms with Crippen LogP contribution >= 0.6 is 0 Å². The Bertz CT molecular complexity index is 999. The van der Waals surface area contributed by atoms with Crippen LogP contribution in [0.1, 0.15) is 24.1 Å². The van der Waals surface area contributed by atoms with Crippen LogP contribution in [-0.2, 0) is 4.79 Å². The Morgan fingerprint density at radius 2 is 1.50 bits per heavy atom. The summed E-state index contributed by atoms with van der Waals surface area (Å²) in [6, 6.07) is 26.7. The molecule has 0 bridgehead atoms. The maximum Gasteiger partial charge on any atom is 0.325 e. The van der Waals surface area contributed by atoms with Gasteiger partial charge in [-0.25, -0.2) is 4.79 Å². The van der Waals surface area contributed by atoms with Crippen LogP contribution in [0.2, 0.25) is 0 Å². The average Bonchev–Trinajstić information content (AvgIpc) is 3.19. The zero-order valence-corrected chi connectivity index (χ0v) is 18.1. The number of ether oxygens (including phenoxy) is 1. The van der Waals surface area contributed by atoms with Crippen molar-refractivity contribution in [2.24, 2.45) is 0 Å². The molecule has 1 aliphatic heterocycles. The van der Waals surface area contributed by atoms with E-state index in [0.717, 1.165) is 22.6 Å². The second-order valence-corrected chi connectivity index (χ2v) is 7.60. The summed E-state index contributed by atoms with van der Waals surface area (Å²) in [5.41, 5.74) is 2.79. The van der Waals surface area contributed by atoms with E-state index in [0.29, 0.717) is 19.7 Å². The van der Waals surface area contributed by atoms with Crippen LogP contribution in [0.4, 0.5) is 10.5 Å². The molecule has 6 nitrogen and oxygen atoms in total. The first-order chi connectivity index (χ1) is 15.7. The Morgan fingerprint density at radius 3 is 2.06 bits per heavy atom. The van der Waals surface area contributed by atoms with Gasteiger partial charge in [0.1, 0.15) is 12.3 Å². The van der Waals surface area contributed by atoms with Gasteiger partial charge in [-0.15, -0.1) is 0 Å². The fourth-order valence-electron chi connectivity index (χ4n) is 3.89. The largest absolute Gasteiger partial charge is 0.494 e. The third-order valence-electron chi connectivity index (χ3n) is 5.46. The van der Waals surface area contributed by atoms with Crippen LogP contribution in [0.3, 0.4) is 0 Å². The Balaban J connectivity index is 1.42. The molecule has 3 aromatic carbocycles. The van der Waals surface area contributed by atoms with Gasteiger partial charge < -0.3 is 15.0 Å². The minimum Gasteiger partial charge on any atom is -0.494 e. The van der Waals surface area contributed by atoms with Crippen molar-refractivity contribution >= 4 is 17.6 Å². The monoisotopic (exact) mass is 429 g/mol. The third-order valence-corrected chi connectivity index (χ3v) is 5.46. The molecular weight excluding hydrogens is 402 g/mol. The van der Waals surface area contributed by atoms with Gasteiger partial charge in [-0.1, -0.05) is 60.7 Å². The summed E-state index contributed by atoms with van der Waals surface area (Å²) in [6.45, 7) is 3.59. The molecule has 4 rings (SSSR count). The van der Waals surface area contributed by atoms with Crippen LogP contribution < -0.4 is 15.0 Å². The first-order valence-electron chi connectivity index (χ1n) is 10.8. The number of hydrogen-bond acceptors (Lipinski definition) is 3. The molecule has 6 heteroatoms. The van der Waals surface area contributed by atoms with Crippen molar-refractivity contribution in [3.8, 4) is 5.75 Å². The van der Waals surface area contributed by atoms with E-state index in [-0.39, 0.29) is 24.5 Å². The summed E-state index contributed by atoms with van der Waals surface area (Å²) < 4.78 is 5.47. The predicted molar refractivity (Wildman–Crippen MR) is 125 cm³/mol. The van der Waals surface area contributed by atoms with E-state index in [1.165, 1.54) is 0 Å². The van der Waals surface area contributed by atoms with Gasteiger partial charge in [0.05, 0.1) is 12.6 Å². The second-order valence-electron chi connectivity index (χ2n) is 7.60. The Kier molecular flexibility index (Phi) is 6.70. The maximum atomic E-state index is 12.9. The molecule has 0 spiro atoms. The lowest BCUT2D eigenvalue weighted by Gasteiger charge is -2.22. The number of rotatable bonds is 8. The van der Waals surface area contributed by atoms with Crippen molar-refractivity contribution in [2.75, 3.05) is 31.1 Å². The van der Waals surface area contributed by atoms with E-state index >= 15 is 0 Å². The summed E-state index contributed by atoms with van der Waals surface area (Å²) in [6.07, 6.45) is 0. The smallest absolute Gasteiger partial charge is 0.325 e. The van der Waals surface area contributed by atoms with E-state index < -0.39 is 0 Å². The highest BCUT2D eigenvalue weighted by Crippen LogP contribution is 2.24. The minimum atomic E-state index is -0.273. The molecule has 0 radical (unpaired) electrons. The van der Waals surface area contributed by atoms with Crippen LogP contribution in [0.15, 0.2) is 84.9 Å². The van der Waals surface area contributed by atoms with Crippen LogP contribution in [-0.4, -0.2) is 43.1 Å². The highest BCUT2D eigenvalue weighted by molar-refractivity contribution is 5.96. The van der Waals surface area contributed by atoms with Gasteiger partial charge in [0.2, 0.25) is 5.91 Å². The molecular formula is C26H27N3O3. The molecule has 0 saturated carbocycles. The first-order valence-corrected chi connectivity index (χ1v) is 10.8. The van der Waals surface area contributed by atoms with E-state index in [2.05, 4.69) is 5.32 Å². The van der Waals surface area contributed by atoms with Gasteiger partial charge in [0, 0.05) is 18.8 Å². The quantitative estimate of drug-likeness (QED) is 0.583. The number of nitrogens with zero attached hydrogens (tertiary/aromatic N) is 2. The third kappa shape index (κ3) is 4.91. The number of nitrogens with one attached hydrogen (secondary N) is 1. The fourth-order valence-corrected chi connectivity index (χ4v) is 3.89. The highest BCUT2D eigenvalue weighted by Gasteiger charge is 2.31. The first kappa shape index (κ1) is 21.4. The molecule has 3 aromatic rings. The second kappa shape index (κ2) is 10.0. The molecule has 0 unspecified atom stereocenters. The van der Waals surface area contributed by atoms with Crippen molar-refractivity contribution in [3.05, 3.63) is 96.1 Å². The molecule has 1 aliphatic rings. The molecule has 32 heavy (non-hydrogen) atoms. The van der Waals surface area contributed by atoms with Crippen LogP contribution in [0.5, 0.6) is 5.75 Å². The highest BCUT2D eigenvalue weighted by atomic mass is 16.5. The van der Waals surface area contributed by atoms with Gasteiger partial charge in [-0.2, -0.15) is 0 Å². The molecule has 1 saturated heterocycles. The predicted octanol–water partition coefficient (Wildman–Crippen LogP) is 4.23. The molecule has 1 N–H and O–H groups in total. The lowest BCUT2D eigenvalue weighted by molar-refractivity contribution is -0.122. The van der Waals surface area contributed by atoms with E-state index in [1.54, 1.807) is 9.80 Å². The normalized spacial score (nSPS) is 13.5. The zero-order chi connectivity index (χ0) is 22.3. The SMILES string of the molecule is CCOc1ccc(N2CCN(CC(=O)NC(c3ccccc3)c3ccccc3)C2=O)cc1.